The molecule has 3 heteroatoms. The molecule has 1 aliphatic rings. The van der Waals surface area contributed by atoms with E-state index in [4.69, 9.17) is 9.47 Å². The molecule has 3 nitrogen and oxygen atoms in total. The molecule has 0 aromatic carbocycles. The van der Waals surface area contributed by atoms with Crippen LogP contribution in [-0.2, 0) is 9.47 Å². The number of ether oxygens (including phenoxy) is 2. The van der Waals surface area contributed by atoms with Crippen LogP contribution in [0, 0.1) is 0 Å². The van der Waals surface area contributed by atoms with E-state index in [1.165, 1.54) is 6.26 Å². The number of morpholine rings is 1. The Labute approximate surface area is 67.6 Å². The highest BCUT2D eigenvalue weighted by Crippen LogP contribution is 2.04. The second-order valence-corrected chi connectivity index (χ2v) is 2.55. The van der Waals surface area contributed by atoms with E-state index in [0.717, 1.165) is 26.3 Å². The van der Waals surface area contributed by atoms with Crippen LogP contribution in [0.3, 0.4) is 0 Å². The van der Waals surface area contributed by atoms with Crippen molar-refractivity contribution in [3.8, 4) is 0 Å². The Morgan fingerprint density at radius 2 is 2.18 bits per heavy atom. The van der Waals surface area contributed by atoms with Crippen molar-refractivity contribution >= 4 is 0 Å². The highest BCUT2D eigenvalue weighted by Gasteiger charge is 2.16. The normalized spacial score (nSPS) is 22.6. The van der Waals surface area contributed by atoms with Crippen molar-refractivity contribution in [1.29, 1.82) is 0 Å². The van der Waals surface area contributed by atoms with Gasteiger partial charge in [0.2, 0.25) is 0 Å². The quantitative estimate of drug-likeness (QED) is 0.566. The molecule has 0 aromatic rings. The summed E-state index contributed by atoms with van der Waals surface area (Å²) in [5.41, 5.74) is 0. The van der Waals surface area contributed by atoms with E-state index in [0.29, 0.717) is 0 Å². The summed E-state index contributed by atoms with van der Waals surface area (Å²) in [7, 11) is 0. The molecule has 0 saturated carbocycles. The van der Waals surface area contributed by atoms with Gasteiger partial charge in [-0.25, -0.2) is 0 Å². The summed E-state index contributed by atoms with van der Waals surface area (Å²) in [6, 6.07) is 0. The van der Waals surface area contributed by atoms with Crippen LogP contribution in [0.25, 0.3) is 0 Å². The Hall–Kier alpha value is -0.540. The fraction of sp³-hybridized carbons (Fsp3) is 0.750. The molecule has 0 radical (unpaired) electrons. The molecule has 0 amide bonds. The third kappa shape index (κ3) is 2.52. The van der Waals surface area contributed by atoms with Gasteiger partial charge >= 0.3 is 0 Å². The van der Waals surface area contributed by atoms with Gasteiger partial charge in [-0.15, -0.1) is 0 Å². The molecule has 1 atom stereocenters. The largest absolute Gasteiger partial charge is 0.484 e. The minimum absolute atomic E-state index is 0.136. The van der Waals surface area contributed by atoms with E-state index in [2.05, 4.69) is 11.5 Å². The number of hydrogen-bond donors (Lipinski definition) is 0. The van der Waals surface area contributed by atoms with E-state index in [-0.39, 0.29) is 6.23 Å². The monoisotopic (exact) mass is 157 g/mol. The average molecular weight is 157 g/mol. The summed E-state index contributed by atoms with van der Waals surface area (Å²) in [5.74, 6) is 0. The number of nitrogens with zero attached hydrogens (tertiary/aromatic N) is 1. The highest BCUT2D eigenvalue weighted by molar-refractivity contribution is 4.65. The number of hydrogen-bond acceptors (Lipinski definition) is 3. The molecule has 0 spiro atoms. The maximum Gasteiger partial charge on any atom is 0.149 e. The van der Waals surface area contributed by atoms with Crippen LogP contribution in [0.4, 0.5) is 0 Å². The fourth-order valence-electron chi connectivity index (χ4n) is 1.17. The third-order valence-corrected chi connectivity index (χ3v) is 1.85. The van der Waals surface area contributed by atoms with Gasteiger partial charge in [0.1, 0.15) is 6.23 Å². The van der Waals surface area contributed by atoms with Gasteiger partial charge in [0, 0.05) is 13.1 Å². The first kappa shape index (κ1) is 8.56. The minimum atomic E-state index is 0.136. The topological polar surface area (TPSA) is 21.7 Å². The van der Waals surface area contributed by atoms with Crippen LogP contribution < -0.4 is 0 Å². The molecule has 1 heterocycles. The van der Waals surface area contributed by atoms with Gasteiger partial charge in [0.05, 0.1) is 19.5 Å². The fourth-order valence-corrected chi connectivity index (χ4v) is 1.17. The Kier molecular flexibility index (Phi) is 3.39. The lowest BCUT2D eigenvalue weighted by Gasteiger charge is -2.31. The first-order chi connectivity index (χ1) is 5.34. The van der Waals surface area contributed by atoms with Gasteiger partial charge in [-0.05, 0) is 6.92 Å². The molecule has 1 rings (SSSR count). The van der Waals surface area contributed by atoms with Gasteiger partial charge < -0.3 is 9.47 Å². The van der Waals surface area contributed by atoms with Gasteiger partial charge in [-0.3, -0.25) is 4.90 Å². The average Bonchev–Trinajstić information content (AvgIpc) is 2.07. The van der Waals surface area contributed by atoms with E-state index >= 15 is 0 Å². The first-order valence-electron chi connectivity index (χ1n) is 3.93. The van der Waals surface area contributed by atoms with Crippen molar-refractivity contribution in [3.63, 3.8) is 0 Å². The SMILES string of the molecule is C=COC(C)N1CCOCC1. The van der Waals surface area contributed by atoms with Crippen LogP contribution in [0.5, 0.6) is 0 Å². The summed E-state index contributed by atoms with van der Waals surface area (Å²) >= 11 is 0. The van der Waals surface area contributed by atoms with Crippen molar-refractivity contribution in [3.05, 3.63) is 12.8 Å². The second kappa shape index (κ2) is 4.36. The van der Waals surface area contributed by atoms with Gasteiger partial charge in [0.15, 0.2) is 0 Å². The van der Waals surface area contributed by atoms with Crippen LogP contribution in [0.15, 0.2) is 12.8 Å². The van der Waals surface area contributed by atoms with Crippen molar-refractivity contribution in [2.24, 2.45) is 0 Å². The lowest BCUT2D eigenvalue weighted by atomic mass is 10.4. The molecular formula is C8H15NO2. The van der Waals surface area contributed by atoms with Crippen LogP contribution >= 0.6 is 0 Å². The molecule has 1 fully saturated rings. The van der Waals surface area contributed by atoms with E-state index in [1.807, 2.05) is 6.92 Å². The van der Waals surface area contributed by atoms with Crippen molar-refractivity contribution in [2.75, 3.05) is 26.3 Å². The van der Waals surface area contributed by atoms with Crippen molar-refractivity contribution in [1.82, 2.24) is 4.90 Å². The molecule has 0 aromatic heterocycles. The van der Waals surface area contributed by atoms with Crippen LogP contribution in [0.2, 0.25) is 0 Å². The Bertz CT molecular complexity index is 121. The van der Waals surface area contributed by atoms with E-state index in [1.54, 1.807) is 0 Å². The summed E-state index contributed by atoms with van der Waals surface area (Å²) in [5, 5.41) is 0. The van der Waals surface area contributed by atoms with Gasteiger partial charge in [-0.2, -0.15) is 0 Å². The van der Waals surface area contributed by atoms with Crippen LogP contribution in [-0.4, -0.2) is 37.4 Å². The lowest BCUT2D eigenvalue weighted by molar-refractivity contribution is -0.0549. The maximum absolute atomic E-state index is 5.22. The molecule has 0 bridgehead atoms. The molecular weight excluding hydrogens is 142 g/mol. The molecule has 1 unspecified atom stereocenters. The Morgan fingerprint density at radius 1 is 1.55 bits per heavy atom. The zero-order valence-corrected chi connectivity index (χ0v) is 6.95. The number of rotatable bonds is 3. The Morgan fingerprint density at radius 3 is 2.73 bits per heavy atom. The Balaban J connectivity index is 2.26. The third-order valence-electron chi connectivity index (χ3n) is 1.85. The molecule has 0 aliphatic carbocycles. The summed E-state index contributed by atoms with van der Waals surface area (Å²) in [6.45, 7) is 9.06. The predicted molar refractivity (Wildman–Crippen MR) is 43.1 cm³/mol. The van der Waals surface area contributed by atoms with Crippen molar-refractivity contribution in [2.45, 2.75) is 13.2 Å². The lowest BCUT2D eigenvalue weighted by Crippen LogP contribution is -2.42. The molecule has 11 heavy (non-hydrogen) atoms. The van der Waals surface area contributed by atoms with Crippen molar-refractivity contribution < 1.29 is 9.47 Å². The highest BCUT2D eigenvalue weighted by atomic mass is 16.5. The smallest absolute Gasteiger partial charge is 0.149 e. The minimum Gasteiger partial charge on any atom is -0.484 e. The summed E-state index contributed by atoms with van der Waals surface area (Å²) < 4.78 is 10.4. The van der Waals surface area contributed by atoms with Crippen LogP contribution in [0.1, 0.15) is 6.92 Å². The molecule has 64 valence electrons. The van der Waals surface area contributed by atoms with Gasteiger partial charge in [-0.1, -0.05) is 6.58 Å². The zero-order valence-electron chi connectivity index (χ0n) is 6.95. The standard InChI is InChI=1S/C8H15NO2/c1-3-11-8(2)9-4-6-10-7-5-9/h3,8H,1,4-7H2,2H3. The summed E-state index contributed by atoms with van der Waals surface area (Å²) in [6.07, 6.45) is 1.62. The van der Waals surface area contributed by atoms with E-state index in [9.17, 15) is 0 Å². The zero-order chi connectivity index (χ0) is 8.10. The predicted octanol–water partition coefficient (Wildman–Crippen LogP) is 0.825. The molecule has 1 saturated heterocycles. The summed E-state index contributed by atoms with van der Waals surface area (Å²) in [4.78, 5) is 2.23. The van der Waals surface area contributed by atoms with Gasteiger partial charge in [0.25, 0.3) is 0 Å². The maximum atomic E-state index is 5.22. The van der Waals surface area contributed by atoms with E-state index < -0.39 is 0 Å². The second-order valence-electron chi connectivity index (χ2n) is 2.55. The first-order valence-corrected chi connectivity index (χ1v) is 3.93. The molecule has 0 N–H and O–H groups in total. The molecule has 1 aliphatic heterocycles.